The predicted molar refractivity (Wildman–Crippen MR) is 68.9 cm³/mol. The molecule has 0 spiro atoms. The van der Waals surface area contributed by atoms with Gasteiger partial charge in [-0.25, -0.2) is 0 Å². The lowest BCUT2D eigenvalue weighted by Gasteiger charge is -2.27. The van der Waals surface area contributed by atoms with Gasteiger partial charge >= 0.3 is 7.12 Å². The molecule has 0 saturated carbocycles. The predicted octanol–water partition coefficient (Wildman–Crippen LogP) is -0.0848. The van der Waals surface area contributed by atoms with Gasteiger partial charge in [-0.15, -0.1) is 0 Å². The first-order valence-corrected chi connectivity index (χ1v) is 6.67. The van der Waals surface area contributed by atoms with Gasteiger partial charge in [0.05, 0.1) is 0 Å². The third kappa shape index (κ3) is 3.01. The van der Waals surface area contributed by atoms with E-state index < -0.39 is 7.12 Å². The summed E-state index contributed by atoms with van der Waals surface area (Å²) in [5, 5.41) is 18.5. The fraction of sp³-hybridized carbons (Fsp3) is 0.455. The van der Waals surface area contributed by atoms with Gasteiger partial charge in [0.1, 0.15) is 0 Å². The molecule has 1 aromatic carbocycles. The zero-order valence-electron chi connectivity index (χ0n) is 9.17. The summed E-state index contributed by atoms with van der Waals surface area (Å²) in [6.07, 6.45) is 0. The standard InChI is InChI=1S/C11H16BNO2S/c14-12(15)11-4-2-1-3-10(11)9-13-5-7-16-8-6-13/h1-4,14-15H,5-9H2. The molecule has 1 aromatic rings. The molecule has 16 heavy (non-hydrogen) atoms. The molecule has 1 heterocycles. The fourth-order valence-electron chi connectivity index (χ4n) is 1.93. The number of thioether (sulfide) groups is 1. The van der Waals surface area contributed by atoms with Crippen LogP contribution in [0.5, 0.6) is 0 Å². The van der Waals surface area contributed by atoms with Gasteiger partial charge in [-0.1, -0.05) is 24.3 Å². The van der Waals surface area contributed by atoms with Gasteiger partial charge in [-0.3, -0.25) is 4.90 Å². The summed E-state index contributed by atoms with van der Waals surface area (Å²) in [4.78, 5) is 2.36. The molecule has 1 aliphatic heterocycles. The zero-order valence-corrected chi connectivity index (χ0v) is 9.99. The van der Waals surface area contributed by atoms with Crippen LogP contribution in [0.25, 0.3) is 0 Å². The second kappa shape index (κ2) is 5.73. The maximum atomic E-state index is 9.27. The molecule has 1 fully saturated rings. The van der Waals surface area contributed by atoms with Crippen molar-refractivity contribution in [2.24, 2.45) is 0 Å². The molecule has 2 rings (SSSR count). The van der Waals surface area contributed by atoms with Gasteiger partial charge in [0, 0.05) is 31.1 Å². The molecule has 3 nitrogen and oxygen atoms in total. The summed E-state index contributed by atoms with van der Waals surface area (Å²) in [6.45, 7) is 2.98. The van der Waals surface area contributed by atoms with E-state index in [0.29, 0.717) is 5.46 Å². The van der Waals surface area contributed by atoms with E-state index in [4.69, 9.17) is 0 Å². The van der Waals surface area contributed by atoms with Crippen LogP contribution in [0.4, 0.5) is 0 Å². The minimum absolute atomic E-state index is 0.626. The van der Waals surface area contributed by atoms with Crippen molar-refractivity contribution in [3.8, 4) is 0 Å². The van der Waals surface area contributed by atoms with E-state index in [1.807, 2.05) is 30.0 Å². The van der Waals surface area contributed by atoms with Gasteiger partial charge in [-0.05, 0) is 11.0 Å². The Balaban J connectivity index is 2.07. The Kier molecular flexibility index (Phi) is 4.29. The lowest BCUT2D eigenvalue weighted by molar-refractivity contribution is 0.295. The average Bonchev–Trinajstić information content (AvgIpc) is 2.31. The Morgan fingerprint density at radius 3 is 2.56 bits per heavy atom. The summed E-state index contributed by atoms with van der Waals surface area (Å²) in [5.74, 6) is 2.34. The molecule has 0 aromatic heterocycles. The summed E-state index contributed by atoms with van der Waals surface area (Å²) in [7, 11) is -1.37. The summed E-state index contributed by atoms with van der Waals surface area (Å²) < 4.78 is 0. The second-order valence-corrected chi connectivity index (χ2v) is 5.19. The lowest BCUT2D eigenvalue weighted by Crippen LogP contribution is -2.38. The Labute approximate surface area is 101 Å². The van der Waals surface area contributed by atoms with Gasteiger partial charge in [0.15, 0.2) is 0 Å². The van der Waals surface area contributed by atoms with E-state index >= 15 is 0 Å². The Hall–Kier alpha value is -0.485. The van der Waals surface area contributed by atoms with E-state index in [1.165, 1.54) is 11.5 Å². The molecular formula is C11H16BNO2S. The van der Waals surface area contributed by atoms with Crippen molar-refractivity contribution in [3.05, 3.63) is 29.8 Å². The van der Waals surface area contributed by atoms with Crippen molar-refractivity contribution >= 4 is 24.3 Å². The number of hydrogen-bond acceptors (Lipinski definition) is 4. The third-order valence-electron chi connectivity index (χ3n) is 2.83. The van der Waals surface area contributed by atoms with Gasteiger partial charge in [0.2, 0.25) is 0 Å². The van der Waals surface area contributed by atoms with Crippen LogP contribution < -0.4 is 5.46 Å². The van der Waals surface area contributed by atoms with Gasteiger partial charge in [-0.2, -0.15) is 11.8 Å². The van der Waals surface area contributed by atoms with Crippen molar-refractivity contribution in [2.75, 3.05) is 24.6 Å². The van der Waals surface area contributed by atoms with Gasteiger partial charge < -0.3 is 10.0 Å². The van der Waals surface area contributed by atoms with Crippen LogP contribution in [0.1, 0.15) is 5.56 Å². The topological polar surface area (TPSA) is 43.7 Å². The summed E-state index contributed by atoms with van der Waals surface area (Å²) >= 11 is 1.98. The number of nitrogens with zero attached hydrogens (tertiary/aromatic N) is 1. The number of hydrogen-bond donors (Lipinski definition) is 2. The van der Waals surface area contributed by atoms with Crippen molar-refractivity contribution in [1.82, 2.24) is 4.90 Å². The van der Waals surface area contributed by atoms with E-state index in [-0.39, 0.29) is 0 Å². The zero-order chi connectivity index (χ0) is 11.4. The van der Waals surface area contributed by atoms with Crippen LogP contribution in [-0.2, 0) is 6.54 Å². The molecule has 1 saturated heterocycles. The highest BCUT2D eigenvalue weighted by molar-refractivity contribution is 7.99. The Morgan fingerprint density at radius 2 is 1.88 bits per heavy atom. The molecule has 5 heteroatoms. The van der Waals surface area contributed by atoms with Crippen molar-refractivity contribution in [3.63, 3.8) is 0 Å². The normalized spacial score (nSPS) is 17.4. The minimum Gasteiger partial charge on any atom is -0.423 e. The highest BCUT2D eigenvalue weighted by atomic mass is 32.2. The summed E-state index contributed by atoms with van der Waals surface area (Å²) in [6, 6.07) is 7.53. The SMILES string of the molecule is OB(O)c1ccccc1CN1CCSCC1. The Bertz CT molecular complexity index is 343. The highest BCUT2D eigenvalue weighted by Gasteiger charge is 2.18. The first-order chi connectivity index (χ1) is 7.77. The second-order valence-electron chi connectivity index (χ2n) is 3.96. The van der Waals surface area contributed by atoms with Crippen LogP contribution in [0, 0.1) is 0 Å². The summed E-state index contributed by atoms with van der Waals surface area (Å²) in [5.41, 5.74) is 1.64. The molecule has 2 N–H and O–H groups in total. The van der Waals surface area contributed by atoms with E-state index in [2.05, 4.69) is 4.90 Å². The quantitative estimate of drug-likeness (QED) is 0.721. The van der Waals surface area contributed by atoms with E-state index in [9.17, 15) is 10.0 Å². The maximum absolute atomic E-state index is 9.27. The smallest absolute Gasteiger partial charge is 0.423 e. The maximum Gasteiger partial charge on any atom is 0.488 e. The first-order valence-electron chi connectivity index (χ1n) is 5.51. The molecule has 0 radical (unpaired) electrons. The van der Waals surface area contributed by atoms with E-state index in [1.54, 1.807) is 6.07 Å². The van der Waals surface area contributed by atoms with Crippen molar-refractivity contribution < 1.29 is 10.0 Å². The molecular weight excluding hydrogens is 221 g/mol. The molecule has 86 valence electrons. The molecule has 0 atom stereocenters. The monoisotopic (exact) mass is 237 g/mol. The molecule has 0 bridgehead atoms. The Morgan fingerprint density at radius 1 is 1.19 bits per heavy atom. The molecule has 1 aliphatic rings. The lowest BCUT2D eigenvalue weighted by atomic mass is 9.77. The largest absolute Gasteiger partial charge is 0.488 e. The third-order valence-corrected chi connectivity index (χ3v) is 3.77. The number of rotatable bonds is 3. The van der Waals surface area contributed by atoms with Crippen LogP contribution in [0.2, 0.25) is 0 Å². The molecule has 0 amide bonds. The van der Waals surface area contributed by atoms with Crippen LogP contribution in [0.3, 0.4) is 0 Å². The number of benzene rings is 1. The van der Waals surface area contributed by atoms with Crippen LogP contribution in [0.15, 0.2) is 24.3 Å². The van der Waals surface area contributed by atoms with Gasteiger partial charge in [0.25, 0.3) is 0 Å². The molecule has 0 unspecified atom stereocenters. The van der Waals surface area contributed by atoms with E-state index in [0.717, 1.165) is 25.2 Å². The van der Waals surface area contributed by atoms with Crippen molar-refractivity contribution in [1.29, 1.82) is 0 Å². The van der Waals surface area contributed by atoms with Crippen LogP contribution in [-0.4, -0.2) is 46.7 Å². The average molecular weight is 237 g/mol. The van der Waals surface area contributed by atoms with Crippen molar-refractivity contribution in [2.45, 2.75) is 6.54 Å². The minimum atomic E-state index is -1.37. The first kappa shape index (κ1) is 12.0. The highest BCUT2D eigenvalue weighted by Crippen LogP contribution is 2.12. The van der Waals surface area contributed by atoms with Crippen LogP contribution >= 0.6 is 11.8 Å². The fourth-order valence-corrected chi connectivity index (χ4v) is 2.91. The molecule has 0 aliphatic carbocycles.